The van der Waals surface area contributed by atoms with E-state index in [1.165, 1.54) is 0 Å². The van der Waals surface area contributed by atoms with Gasteiger partial charge in [-0.25, -0.2) is 0 Å². The number of ether oxygens (including phenoxy) is 1. The number of hydrogen-bond acceptors (Lipinski definition) is 5. The Morgan fingerprint density at radius 3 is 2.63 bits per heavy atom. The molecule has 0 fully saturated rings. The Hall–Kier alpha value is -1.95. The standard InChI is InChI=1S/C13H19N5O/c1-9-7-10(18(3)17-9)8-12(14-2)11-5-6-13(19-4)16-15-11/h5-7,12,14H,8H2,1-4H3. The van der Waals surface area contributed by atoms with Crippen LogP contribution in [0.5, 0.6) is 5.88 Å². The van der Waals surface area contributed by atoms with E-state index in [0.717, 1.165) is 23.5 Å². The third-order valence-electron chi connectivity index (χ3n) is 3.09. The number of hydrogen-bond donors (Lipinski definition) is 1. The Balaban J connectivity index is 2.17. The number of rotatable bonds is 5. The first-order valence-electron chi connectivity index (χ1n) is 6.18. The van der Waals surface area contributed by atoms with Gasteiger partial charge in [-0.2, -0.15) is 10.2 Å². The van der Waals surface area contributed by atoms with E-state index in [4.69, 9.17) is 4.74 Å². The summed E-state index contributed by atoms with van der Waals surface area (Å²) in [6, 6.07) is 5.94. The van der Waals surface area contributed by atoms with E-state index >= 15 is 0 Å². The average Bonchev–Trinajstić information content (AvgIpc) is 2.74. The molecule has 0 spiro atoms. The molecule has 2 rings (SSSR count). The zero-order valence-electron chi connectivity index (χ0n) is 11.7. The van der Waals surface area contributed by atoms with Crippen LogP contribution in [-0.2, 0) is 13.5 Å². The minimum Gasteiger partial charge on any atom is -0.480 e. The lowest BCUT2D eigenvalue weighted by molar-refractivity contribution is 0.389. The van der Waals surface area contributed by atoms with Crippen molar-refractivity contribution in [1.82, 2.24) is 25.3 Å². The molecular formula is C13H19N5O. The van der Waals surface area contributed by atoms with Gasteiger partial charge in [0.1, 0.15) is 0 Å². The Morgan fingerprint density at radius 2 is 2.16 bits per heavy atom. The summed E-state index contributed by atoms with van der Waals surface area (Å²) in [5.41, 5.74) is 3.07. The highest BCUT2D eigenvalue weighted by Gasteiger charge is 2.15. The molecule has 2 aromatic heterocycles. The number of likely N-dealkylation sites (N-methyl/N-ethyl adjacent to an activating group) is 1. The van der Waals surface area contributed by atoms with Crippen molar-refractivity contribution in [1.29, 1.82) is 0 Å². The molecule has 2 heterocycles. The Bertz CT molecular complexity index is 534. The molecule has 6 nitrogen and oxygen atoms in total. The fourth-order valence-corrected chi connectivity index (χ4v) is 2.04. The number of aryl methyl sites for hydroxylation is 2. The van der Waals surface area contributed by atoms with E-state index in [2.05, 4.69) is 26.7 Å². The summed E-state index contributed by atoms with van der Waals surface area (Å²) in [5.74, 6) is 0.523. The quantitative estimate of drug-likeness (QED) is 0.871. The van der Waals surface area contributed by atoms with Gasteiger partial charge in [0.05, 0.1) is 24.5 Å². The van der Waals surface area contributed by atoms with Crippen molar-refractivity contribution in [2.75, 3.05) is 14.2 Å². The first-order chi connectivity index (χ1) is 9.13. The van der Waals surface area contributed by atoms with Gasteiger partial charge in [-0.1, -0.05) is 0 Å². The van der Waals surface area contributed by atoms with Crippen molar-refractivity contribution in [3.8, 4) is 5.88 Å². The topological polar surface area (TPSA) is 64.9 Å². The molecular weight excluding hydrogens is 242 g/mol. The third kappa shape index (κ3) is 3.08. The first kappa shape index (κ1) is 13.5. The molecule has 19 heavy (non-hydrogen) atoms. The Labute approximate surface area is 112 Å². The van der Waals surface area contributed by atoms with Gasteiger partial charge in [-0.05, 0) is 26.1 Å². The molecule has 0 bridgehead atoms. The van der Waals surface area contributed by atoms with E-state index in [-0.39, 0.29) is 6.04 Å². The number of methoxy groups -OCH3 is 1. The van der Waals surface area contributed by atoms with Gasteiger partial charge in [-0.15, -0.1) is 5.10 Å². The summed E-state index contributed by atoms with van der Waals surface area (Å²) in [4.78, 5) is 0. The second kappa shape index (κ2) is 5.79. The SMILES string of the molecule is CNC(Cc1cc(C)nn1C)c1ccc(OC)nn1. The number of aromatic nitrogens is 4. The lowest BCUT2D eigenvalue weighted by atomic mass is 10.1. The molecule has 0 aliphatic rings. The highest BCUT2D eigenvalue weighted by atomic mass is 16.5. The predicted octanol–water partition coefficient (Wildman–Crippen LogP) is 1.03. The molecule has 2 aromatic rings. The van der Waals surface area contributed by atoms with E-state index < -0.39 is 0 Å². The summed E-state index contributed by atoms with van der Waals surface area (Å²) < 4.78 is 6.91. The maximum atomic E-state index is 5.02. The van der Waals surface area contributed by atoms with E-state index in [1.807, 2.05) is 37.8 Å². The molecule has 1 N–H and O–H groups in total. The normalized spacial score (nSPS) is 12.4. The van der Waals surface area contributed by atoms with Crippen molar-refractivity contribution in [3.63, 3.8) is 0 Å². The Kier molecular flexibility index (Phi) is 4.11. The summed E-state index contributed by atoms with van der Waals surface area (Å²) in [7, 11) is 5.45. The largest absolute Gasteiger partial charge is 0.480 e. The van der Waals surface area contributed by atoms with Gasteiger partial charge < -0.3 is 10.1 Å². The highest BCUT2D eigenvalue weighted by molar-refractivity contribution is 5.17. The number of nitrogens with one attached hydrogen (secondary N) is 1. The maximum absolute atomic E-state index is 5.02. The second-order valence-electron chi connectivity index (χ2n) is 4.45. The van der Waals surface area contributed by atoms with Crippen molar-refractivity contribution < 1.29 is 4.74 Å². The van der Waals surface area contributed by atoms with Crippen LogP contribution in [0.15, 0.2) is 18.2 Å². The van der Waals surface area contributed by atoms with Crippen LogP contribution >= 0.6 is 0 Å². The van der Waals surface area contributed by atoms with Crippen LogP contribution in [0, 0.1) is 6.92 Å². The number of nitrogens with zero attached hydrogens (tertiary/aromatic N) is 4. The van der Waals surface area contributed by atoms with Gasteiger partial charge in [0.2, 0.25) is 5.88 Å². The van der Waals surface area contributed by atoms with Crippen molar-refractivity contribution in [2.24, 2.45) is 7.05 Å². The molecule has 0 radical (unpaired) electrons. The zero-order valence-corrected chi connectivity index (χ0v) is 11.7. The molecule has 1 unspecified atom stereocenters. The maximum Gasteiger partial charge on any atom is 0.233 e. The van der Waals surface area contributed by atoms with Gasteiger partial charge in [0.25, 0.3) is 0 Å². The fourth-order valence-electron chi connectivity index (χ4n) is 2.04. The van der Waals surface area contributed by atoms with Crippen LogP contribution in [0.25, 0.3) is 0 Å². The molecule has 0 aliphatic heterocycles. The monoisotopic (exact) mass is 261 g/mol. The van der Waals surface area contributed by atoms with E-state index in [0.29, 0.717) is 5.88 Å². The zero-order chi connectivity index (χ0) is 13.8. The average molecular weight is 261 g/mol. The first-order valence-corrected chi connectivity index (χ1v) is 6.18. The molecule has 6 heteroatoms. The second-order valence-corrected chi connectivity index (χ2v) is 4.45. The Morgan fingerprint density at radius 1 is 1.37 bits per heavy atom. The minimum atomic E-state index is 0.105. The van der Waals surface area contributed by atoms with Crippen LogP contribution in [0.2, 0.25) is 0 Å². The van der Waals surface area contributed by atoms with Gasteiger partial charge >= 0.3 is 0 Å². The van der Waals surface area contributed by atoms with Crippen LogP contribution in [0.3, 0.4) is 0 Å². The lowest BCUT2D eigenvalue weighted by Gasteiger charge is -2.15. The van der Waals surface area contributed by atoms with Crippen LogP contribution < -0.4 is 10.1 Å². The molecule has 0 aliphatic carbocycles. The van der Waals surface area contributed by atoms with Crippen LogP contribution in [0.1, 0.15) is 23.1 Å². The summed E-state index contributed by atoms with van der Waals surface area (Å²) in [6.45, 7) is 1.99. The van der Waals surface area contributed by atoms with Crippen LogP contribution in [-0.4, -0.2) is 34.1 Å². The van der Waals surface area contributed by atoms with Crippen molar-refractivity contribution >= 4 is 0 Å². The van der Waals surface area contributed by atoms with E-state index in [1.54, 1.807) is 7.11 Å². The smallest absolute Gasteiger partial charge is 0.233 e. The van der Waals surface area contributed by atoms with Crippen molar-refractivity contribution in [3.05, 3.63) is 35.3 Å². The molecule has 0 amide bonds. The third-order valence-corrected chi connectivity index (χ3v) is 3.09. The molecule has 1 atom stereocenters. The van der Waals surface area contributed by atoms with Gasteiger partial charge in [0, 0.05) is 25.2 Å². The van der Waals surface area contributed by atoms with E-state index in [9.17, 15) is 0 Å². The predicted molar refractivity (Wildman–Crippen MR) is 72.0 cm³/mol. The summed E-state index contributed by atoms with van der Waals surface area (Å²) in [6.07, 6.45) is 0.814. The van der Waals surface area contributed by atoms with Gasteiger partial charge in [-0.3, -0.25) is 4.68 Å². The molecule has 102 valence electrons. The lowest BCUT2D eigenvalue weighted by Crippen LogP contribution is -2.21. The highest BCUT2D eigenvalue weighted by Crippen LogP contribution is 2.17. The summed E-state index contributed by atoms with van der Waals surface area (Å²) in [5, 5.41) is 15.8. The fraction of sp³-hybridized carbons (Fsp3) is 0.462. The molecule has 0 aromatic carbocycles. The van der Waals surface area contributed by atoms with Crippen LogP contribution in [0.4, 0.5) is 0 Å². The molecule has 0 saturated heterocycles. The summed E-state index contributed by atoms with van der Waals surface area (Å²) >= 11 is 0. The molecule has 0 saturated carbocycles. The van der Waals surface area contributed by atoms with Gasteiger partial charge in [0.15, 0.2) is 0 Å². The minimum absolute atomic E-state index is 0.105. The van der Waals surface area contributed by atoms with Crippen molar-refractivity contribution in [2.45, 2.75) is 19.4 Å².